The number of nitrogens with zero attached hydrogens (tertiary/aromatic N) is 4. The highest BCUT2D eigenvalue weighted by Gasteiger charge is 2.46. The molecule has 7 nitrogen and oxygen atoms in total. The lowest BCUT2D eigenvalue weighted by atomic mass is 9.91. The van der Waals surface area contributed by atoms with Gasteiger partial charge in [-0.05, 0) is 62.3 Å². The zero-order valence-corrected chi connectivity index (χ0v) is 18.2. The van der Waals surface area contributed by atoms with E-state index in [0.717, 1.165) is 57.2 Å². The Balaban J connectivity index is 1.13. The summed E-state index contributed by atoms with van der Waals surface area (Å²) < 4.78 is 49.1. The van der Waals surface area contributed by atoms with Gasteiger partial charge in [0.25, 0.3) is 5.82 Å². The van der Waals surface area contributed by atoms with E-state index in [-0.39, 0.29) is 30.0 Å². The van der Waals surface area contributed by atoms with E-state index in [1.807, 2.05) is 35.2 Å². The minimum atomic E-state index is -4.61. The molecule has 1 aromatic carbocycles. The fraction of sp³-hybridized carbons (Fsp3) is 0.609. The predicted octanol–water partition coefficient (Wildman–Crippen LogP) is 4.04. The number of anilines is 1. The van der Waals surface area contributed by atoms with E-state index < -0.39 is 12.0 Å². The zero-order chi connectivity index (χ0) is 23.0. The fourth-order valence-electron chi connectivity index (χ4n) is 5.54. The van der Waals surface area contributed by atoms with Gasteiger partial charge >= 0.3 is 18.2 Å². The maximum atomic E-state index is 12.9. The van der Waals surface area contributed by atoms with E-state index >= 15 is 0 Å². The third-order valence-electron chi connectivity index (χ3n) is 7.20. The normalized spacial score (nSPS) is 26.5. The van der Waals surface area contributed by atoms with Crippen molar-refractivity contribution in [3.05, 3.63) is 41.7 Å². The molecular weight excluding hydrogens is 437 g/mol. The molecule has 178 valence electrons. The molecule has 10 heteroatoms. The molecule has 2 aromatic rings. The summed E-state index contributed by atoms with van der Waals surface area (Å²) in [5.74, 6) is -1.44. The number of fused-ring (bicyclic) bond motifs is 2. The lowest BCUT2D eigenvalue weighted by Crippen LogP contribution is -2.52. The Labute approximate surface area is 189 Å². The molecule has 3 aliphatic heterocycles. The van der Waals surface area contributed by atoms with E-state index in [1.165, 1.54) is 0 Å². The van der Waals surface area contributed by atoms with Gasteiger partial charge < -0.3 is 19.1 Å². The van der Waals surface area contributed by atoms with Crippen molar-refractivity contribution < 1.29 is 27.2 Å². The summed E-state index contributed by atoms with van der Waals surface area (Å²) in [5, 5.41) is 3.12. The minimum Gasteiger partial charge on any atom is -0.461 e. The lowest BCUT2D eigenvalue weighted by molar-refractivity contribution is -0.152. The SMILES string of the molecule is O=C(OCc1ccccc1)C1CCN(C2C[C@H]3CC[C@H](C2)N3c2nc(C(F)(F)F)no2)CC1. The first kappa shape index (κ1) is 22.2. The molecule has 0 saturated carbocycles. The molecule has 0 radical (unpaired) electrons. The Bertz CT molecular complexity index is 945. The van der Waals surface area contributed by atoms with Crippen LogP contribution in [0.1, 0.15) is 49.9 Å². The van der Waals surface area contributed by atoms with Gasteiger partial charge in [0.1, 0.15) is 6.61 Å². The second-order valence-corrected chi connectivity index (χ2v) is 9.22. The molecule has 0 spiro atoms. The molecule has 4 heterocycles. The molecule has 2 atom stereocenters. The smallest absolute Gasteiger partial charge is 0.455 e. The maximum absolute atomic E-state index is 12.9. The van der Waals surface area contributed by atoms with Gasteiger partial charge in [-0.1, -0.05) is 30.3 Å². The standard InChI is InChI=1S/C23H27F3N4O3/c24-23(25,26)21-27-22(33-28-21)30-17-6-7-18(30)13-19(12-17)29-10-8-16(9-11-29)20(31)32-14-15-4-2-1-3-5-15/h1-5,16-19H,6-14H2/t17-,18-/m1/s1. The number of halogens is 3. The van der Waals surface area contributed by atoms with Crippen molar-refractivity contribution in [3.63, 3.8) is 0 Å². The molecule has 33 heavy (non-hydrogen) atoms. The molecule has 3 aliphatic rings. The Hall–Kier alpha value is -2.62. The molecular formula is C23H27F3N4O3. The largest absolute Gasteiger partial charge is 0.461 e. The number of ether oxygens (including phenoxy) is 1. The Morgan fingerprint density at radius 3 is 2.30 bits per heavy atom. The molecule has 0 N–H and O–H groups in total. The van der Waals surface area contributed by atoms with E-state index in [4.69, 9.17) is 9.26 Å². The van der Waals surface area contributed by atoms with Crippen molar-refractivity contribution in [2.45, 2.75) is 69.4 Å². The number of hydrogen-bond acceptors (Lipinski definition) is 7. The third-order valence-corrected chi connectivity index (χ3v) is 7.20. The number of hydrogen-bond donors (Lipinski definition) is 0. The van der Waals surface area contributed by atoms with Crippen molar-refractivity contribution in [2.24, 2.45) is 5.92 Å². The number of rotatable bonds is 5. The summed E-state index contributed by atoms with van der Waals surface area (Å²) in [6.07, 6.45) is 0.447. The van der Waals surface area contributed by atoms with Crippen LogP contribution in [-0.2, 0) is 22.3 Å². The van der Waals surface area contributed by atoms with Crippen LogP contribution in [0.4, 0.5) is 19.2 Å². The van der Waals surface area contributed by atoms with Crippen LogP contribution in [0.2, 0.25) is 0 Å². The number of carbonyl (C=O) groups excluding carboxylic acids is 1. The Kier molecular flexibility index (Phi) is 6.03. The van der Waals surface area contributed by atoms with Gasteiger partial charge in [-0.2, -0.15) is 18.2 Å². The van der Waals surface area contributed by atoms with Crippen LogP contribution >= 0.6 is 0 Å². The number of aromatic nitrogens is 2. The van der Waals surface area contributed by atoms with Crippen molar-refractivity contribution in [3.8, 4) is 0 Å². The second-order valence-electron chi connectivity index (χ2n) is 9.22. The number of benzene rings is 1. The number of carbonyl (C=O) groups is 1. The van der Waals surface area contributed by atoms with Crippen LogP contribution in [0.25, 0.3) is 0 Å². The van der Waals surface area contributed by atoms with Gasteiger partial charge in [-0.3, -0.25) is 4.79 Å². The van der Waals surface area contributed by atoms with Gasteiger partial charge in [0.2, 0.25) is 0 Å². The van der Waals surface area contributed by atoms with Crippen LogP contribution in [0.5, 0.6) is 0 Å². The number of likely N-dealkylation sites (tertiary alicyclic amines) is 1. The minimum absolute atomic E-state index is 0.0202. The monoisotopic (exact) mass is 464 g/mol. The number of piperidine rings is 2. The van der Waals surface area contributed by atoms with Gasteiger partial charge in [0.15, 0.2) is 0 Å². The third kappa shape index (κ3) is 4.71. The van der Waals surface area contributed by atoms with Gasteiger partial charge in [0, 0.05) is 18.1 Å². The van der Waals surface area contributed by atoms with Crippen LogP contribution in [0, 0.1) is 5.92 Å². The first-order valence-corrected chi connectivity index (χ1v) is 11.5. The van der Waals surface area contributed by atoms with Gasteiger partial charge in [-0.15, -0.1) is 0 Å². The first-order valence-electron chi connectivity index (χ1n) is 11.5. The summed E-state index contributed by atoms with van der Waals surface area (Å²) >= 11 is 0. The van der Waals surface area contributed by atoms with Crippen LogP contribution in [0.15, 0.2) is 34.9 Å². The molecule has 0 aliphatic carbocycles. The molecule has 3 saturated heterocycles. The Morgan fingerprint density at radius 1 is 1.03 bits per heavy atom. The van der Waals surface area contributed by atoms with Crippen molar-refractivity contribution in [1.82, 2.24) is 15.0 Å². The summed E-state index contributed by atoms with van der Waals surface area (Å²) in [6.45, 7) is 1.95. The van der Waals surface area contributed by atoms with Crippen molar-refractivity contribution >= 4 is 12.0 Å². The average Bonchev–Trinajstić information content (AvgIpc) is 3.40. The van der Waals surface area contributed by atoms with E-state index in [1.54, 1.807) is 0 Å². The Morgan fingerprint density at radius 2 is 1.70 bits per heavy atom. The molecule has 0 unspecified atom stereocenters. The number of esters is 1. The van der Waals surface area contributed by atoms with E-state index in [9.17, 15) is 18.0 Å². The number of alkyl halides is 3. The van der Waals surface area contributed by atoms with Crippen LogP contribution in [-0.4, -0.2) is 52.2 Å². The summed E-state index contributed by atoms with van der Waals surface area (Å²) in [7, 11) is 0. The van der Waals surface area contributed by atoms with E-state index in [2.05, 4.69) is 15.0 Å². The quantitative estimate of drug-likeness (QED) is 0.619. The topological polar surface area (TPSA) is 71.7 Å². The van der Waals surface area contributed by atoms with Crippen molar-refractivity contribution in [1.29, 1.82) is 0 Å². The fourth-order valence-corrected chi connectivity index (χ4v) is 5.54. The van der Waals surface area contributed by atoms with Crippen LogP contribution in [0.3, 0.4) is 0 Å². The van der Waals surface area contributed by atoms with Crippen molar-refractivity contribution in [2.75, 3.05) is 18.0 Å². The summed E-state index contributed by atoms with van der Waals surface area (Å²) in [6, 6.07) is 10.2. The lowest BCUT2D eigenvalue weighted by Gasteiger charge is -2.44. The first-order chi connectivity index (χ1) is 15.9. The highest BCUT2D eigenvalue weighted by atomic mass is 19.4. The summed E-state index contributed by atoms with van der Waals surface area (Å²) in [5.41, 5.74) is 0.981. The van der Waals surface area contributed by atoms with Gasteiger partial charge in [0.05, 0.1) is 5.92 Å². The molecule has 3 fully saturated rings. The average molecular weight is 464 g/mol. The van der Waals surface area contributed by atoms with E-state index in [0.29, 0.717) is 12.6 Å². The summed E-state index contributed by atoms with van der Waals surface area (Å²) in [4.78, 5) is 20.4. The highest BCUT2D eigenvalue weighted by Crippen LogP contribution is 2.41. The predicted molar refractivity (Wildman–Crippen MR) is 112 cm³/mol. The molecule has 1 aromatic heterocycles. The molecule has 2 bridgehead atoms. The maximum Gasteiger partial charge on any atom is 0.455 e. The highest BCUT2D eigenvalue weighted by molar-refractivity contribution is 5.72. The van der Waals surface area contributed by atoms with Gasteiger partial charge in [-0.25, -0.2) is 0 Å². The molecule has 5 rings (SSSR count). The zero-order valence-electron chi connectivity index (χ0n) is 18.2. The molecule has 0 amide bonds. The second kappa shape index (κ2) is 8.96. The van der Waals surface area contributed by atoms with Crippen LogP contribution < -0.4 is 4.90 Å².